The van der Waals surface area contributed by atoms with Gasteiger partial charge in [-0.3, -0.25) is 0 Å². The van der Waals surface area contributed by atoms with E-state index in [1.54, 1.807) is 18.4 Å². The van der Waals surface area contributed by atoms with Gasteiger partial charge in [0.25, 0.3) is 0 Å². The maximum absolute atomic E-state index is 5.89. The van der Waals surface area contributed by atoms with Crippen LogP contribution in [0, 0.1) is 0 Å². The van der Waals surface area contributed by atoms with Crippen LogP contribution in [0.1, 0.15) is 11.7 Å². The van der Waals surface area contributed by atoms with E-state index in [0.29, 0.717) is 6.54 Å². The molecule has 1 atom stereocenters. The molecular weight excluding hydrogens is 234 g/mol. The summed E-state index contributed by atoms with van der Waals surface area (Å²) in [5.74, 6) is 1.44. The van der Waals surface area contributed by atoms with Crippen molar-refractivity contribution in [2.75, 3.05) is 13.7 Å². The molecule has 2 aromatic rings. The van der Waals surface area contributed by atoms with Crippen LogP contribution in [0.2, 0.25) is 0 Å². The van der Waals surface area contributed by atoms with Gasteiger partial charge < -0.3 is 15.2 Å². The molecule has 0 fully saturated rings. The summed E-state index contributed by atoms with van der Waals surface area (Å²) < 4.78 is 11.1. The van der Waals surface area contributed by atoms with Gasteiger partial charge in [0.05, 0.1) is 7.11 Å². The summed E-state index contributed by atoms with van der Waals surface area (Å²) >= 11 is 1.64. The van der Waals surface area contributed by atoms with Crippen molar-refractivity contribution in [3.05, 3.63) is 46.7 Å². The smallest absolute Gasteiger partial charge is 0.162 e. The molecular formula is C13H15NO2S. The fraction of sp³-hybridized carbons (Fsp3) is 0.231. The standard InChI is InChI=1S/C13H15NO2S/c1-15-11-4-2-3-5-12(11)16-13(8-14)10-6-7-17-9-10/h2-7,9,13H,8,14H2,1H3. The van der Waals surface area contributed by atoms with Crippen molar-refractivity contribution in [2.45, 2.75) is 6.10 Å². The minimum Gasteiger partial charge on any atom is -0.493 e. The second kappa shape index (κ2) is 5.70. The molecule has 0 radical (unpaired) electrons. The zero-order chi connectivity index (χ0) is 12.1. The number of rotatable bonds is 5. The molecule has 90 valence electrons. The Balaban J connectivity index is 2.18. The summed E-state index contributed by atoms with van der Waals surface area (Å²) in [5.41, 5.74) is 6.84. The minimum atomic E-state index is -0.127. The summed E-state index contributed by atoms with van der Waals surface area (Å²) in [7, 11) is 1.63. The summed E-state index contributed by atoms with van der Waals surface area (Å²) in [6.45, 7) is 0.439. The van der Waals surface area contributed by atoms with Crippen molar-refractivity contribution in [3.63, 3.8) is 0 Å². The Hall–Kier alpha value is -1.52. The molecule has 0 bridgehead atoms. The Morgan fingerprint density at radius 3 is 2.59 bits per heavy atom. The van der Waals surface area contributed by atoms with Crippen molar-refractivity contribution in [3.8, 4) is 11.5 Å². The molecule has 0 aliphatic heterocycles. The number of thiophene rings is 1. The minimum absolute atomic E-state index is 0.127. The van der Waals surface area contributed by atoms with Crippen LogP contribution in [0.15, 0.2) is 41.1 Å². The van der Waals surface area contributed by atoms with Gasteiger partial charge in [-0.2, -0.15) is 11.3 Å². The molecule has 0 aliphatic carbocycles. The fourth-order valence-electron chi connectivity index (χ4n) is 1.58. The first-order valence-corrected chi connectivity index (χ1v) is 6.31. The second-order valence-electron chi connectivity index (χ2n) is 3.55. The van der Waals surface area contributed by atoms with Gasteiger partial charge in [0.2, 0.25) is 0 Å². The quantitative estimate of drug-likeness (QED) is 0.886. The number of para-hydroxylation sites is 2. The number of hydrogen-bond donors (Lipinski definition) is 1. The highest BCUT2D eigenvalue weighted by Gasteiger charge is 2.14. The Morgan fingerprint density at radius 2 is 2.00 bits per heavy atom. The van der Waals surface area contributed by atoms with Crippen molar-refractivity contribution in [1.82, 2.24) is 0 Å². The maximum Gasteiger partial charge on any atom is 0.162 e. The molecule has 1 heterocycles. The van der Waals surface area contributed by atoms with Crippen LogP contribution in [0.5, 0.6) is 11.5 Å². The van der Waals surface area contributed by atoms with Crippen molar-refractivity contribution < 1.29 is 9.47 Å². The Labute approximate surface area is 105 Å². The van der Waals surface area contributed by atoms with Gasteiger partial charge in [-0.1, -0.05) is 12.1 Å². The number of nitrogens with two attached hydrogens (primary N) is 1. The zero-order valence-corrected chi connectivity index (χ0v) is 10.4. The molecule has 2 N–H and O–H groups in total. The van der Waals surface area contributed by atoms with E-state index in [0.717, 1.165) is 17.1 Å². The molecule has 1 aromatic carbocycles. The predicted octanol–water partition coefficient (Wildman–Crippen LogP) is 2.84. The highest BCUT2D eigenvalue weighted by molar-refractivity contribution is 7.07. The molecule has 0 amide bonds. The lowest BCUT2D eigenvalue weighted by Gasteiger charge is -2.18. The van der Waals surface area contributed by atoms with E-state index in [1.165, 1.54) is 0 Å². The summed E-state index contributed by atoms with van der Waals surface area (Å²) in [6.07, 6.45) is -0.127. The molecule has 0 saturated carbocycles. The lowest BCUT2D eigenvalue weighted by atomic mass is 10.2. The third-order valence-corrected chi connectivity index (χ3v) is 3.17. The molecule has 2 rings (SSSR count). The summed E-state index contributed by atoms with van der Waals surface area (Å²) in [4.78, 5) is 0. The monoisotopic (exact) mass is 249 g/mol. The lowest BCUT2D eigenvalue weighted by Crippen LogP contribution is -2.18. The van der Waals surface area contributed by atoms with Crippen LogP contribution in [0.3, 0.4) is 0 Å². The van der Waals surface area contributed by atoms with Gasteiger partial charge in [0.1, 0.15) is 6.10 Å². The Kier molecular flexibility index (Phi) is 4.01. The van der Waals surface area contributed by atoms with Crippen LogP contribution in [-0.4, -0.2) is 13.7 Å². The van der Waals surface area contributed by atoms with E-state index in [9.17, 15) is 0 Å². The van der Waals surface area contributed by atoms with E-state index in [1.807, 2.05) is 41.1 Å². The SMILES string of the molecule is COc1ccccc1OC(CN)c1ccsc1. The van der Waals surface area contributed by atoms with Gasteiger partial charge in [0, 0.05) is 12.1 Å². The number of hydrogen-bond acceptors (Lipinski definition) is 4. The van der Waals surface area contributed by atoms with Crippen molar-refractivity contribution in [2.24, 2.45) is 5.73 Å². The van der Waals surface area contributed by atoms with E-state index in [-0.39, 0.29) is 6.10 Å². The maximum atomic E-state index is 5.89. The lowest BCUT2D eigenvalue weighted by molar-refractivity contribution is 0.205. The highest BCUT2D eigenvalue weighted by atomic mass is 32.1. The first-order chi connectivity index (χ1) is 8.35. The molecule has 0 aliphatic rings. The normalized spacial score (nSPS) is 12.1. The average molecular weight is 249 g/mol. The number of ether oxygens (including phenoxy) is 2. The van der Waals surface area contributed by atoms with E-state index in [4.69, 9.17) is 15.2 Å². The average Bonchev–Trinajstić information content (AvgIpc) is 2.90. The zero-order valence-electron chi connectivity index (χ0n) is 9.63. The van der Waals surface area contributed by atoms with E-state index in [2.05, 4.69) is 0 Å². The third-order valence-electron chi connectivity index (χ3n) is 2.47. The predicted molar refractivity (Wildman–Crippen MR) is 69.7 cm³/mol. The van der Waals surface area contributed by atoms with Gasteiger partial charge in [-0.15, -0.1) is 0 Å². The molecule has 0 spiro atoms. The summed E-state index contributed by atoms with van der Waals surface area (Å²) in [6, 6.07) is 9.61. The first kappa shape index (κ1) is 12.0. The van der Waals surface area contributed by atoms with E-state index >= 15 is 0 Å². The Morgan fingerprint density at radius 1 is 1.24 bits per heavy atom. The Bertz CT molecular complexity index is 456. The first-order valence-electron chi connectivity index (χ1n) is 5.37. The van der Waals surface area contributed by atoms with Gasteiger partial charge in [-0.05, 0) is 29.0 Å². The van der Waals surface area contributed by atoms with Gasteiger partial charge in [-0.25, -0.2) is 0 Å². The number of benzene rings is 1. The molecule has 3 nitrogen and oxygen atoms in total. The summed E-state index contributed by atoms with van der Waals surface area (Å²) in [5, 5.41) is 4.07. The molecule has 17 heavy (non-hydrogen) atoms. The van der Waals surface area contributed by atoms with Crippen LogP contribution in [-0.2, 0) is 0 Å². The molecule has 4 heteroatoms. The van der Waals surface area contributed by atoms with Crippen molar-refractivity contribution >= 4 is 11.3 Å². The molecule has 1 unspecified atom stereocenters. The third kappa shape index (κ3) is 2.78. The second-order valence-corrected chi connectivity index (χ2v) is 4.33. The van der Waals surface area contributed by atoms with Crippen LogP contribution in [0.25, 0.3) is 0 Å². The molecule has 0 saturated heterocycles. The topological polar surface area (TPSA) is 44.5 Å². The van der Waals surface area contributed by atoms with Crippen LogP contribution >= 0.6 is 11.3 Å². The van der Waals surface area contributed by atoms with Crippen LogP contribution in [0.4, 0.5) is 0 Å². The van der Waals surface area contributed by atoms with Crippen molar-refractivity contribution in [1.29, 1.82) is 0 Å². The van der Waals surface area contributed by atoms with Crippen LogP contribution < -0.4 is 15.2 Å². The number of methoxy groups -OCH3 is 1. The van der Waals surface area contributed by atoms with E-state index < -0.39 is 0 Å². The largest absolute Gasteiger partial charge is 0.493 e. The van der Waals surface area contributed by atoms with Gasteiger partial charge in [0.15, 0.2) is 11.5 Å². The van der Waals surface area contributed by atoms with Gasteiger partial charge >= 0.3 is 0 Å². The highest BCUT2D eigenvalue weighted by Crippen LogP contribution is 2.30. The molecule has 1 aromatic heterocycles. The fourth-order valence-corrected chi connectivity index (χ4v) is 2.28.